The zero-order chi connectivity index (χ0) is 89.1. The lowest BCUT2D eigenvalue weighted by molar-refractivity contribution is -0.161. The topological polar surface area (TPSA) is 540 Å². The van der Waals surface area contributed by atoms with Crippen molar-refractivity contribution in [2.24, 2.45) is 86.6 Å². The fourth-order valence-electron chi connectivity index (χ4n) is 29.9. The summed E-state index contributed by atoms with van der Waals surface area (Å²) in [5.41, 5.74) is -14.8. The number of cyclic esters (lactones) is 15. The molecule has 32 atom stereocenters. The number of hydrogen-bond donors (Lipinski definition) is 0. The molecule has 128 heavy (non-hydrogen) atoms. The molecule has 680 valence electrons. The molecule has 0 saturated carbocycles. The van der Waals surface area contributed by atoms with Crippen molar-refractivity contribution in [2.45, 2.75) is 149 Å². The van der Waals surface area contributed by atoms with Crippen LogP contribution in [0.15, 0.2) is 60.9 Å². The Labute approximate surface area is 741 Å². The van der Waals surface area contributed by atoms with Crippen molar-refractivity contribution in [3.05, 3.63) is 60.9 Å². The molecule has 32 aliphatic heterocycles. The van der Waals surface area contributed by atoms with Crippen LogP contribution in [0.3, 0.4) is 0 Å². The van der Waals surface area contributed by atoms with Gasteiger partial charge in [0, 0.05) is 112 Å². The van der Waals surface area contributed by atoms with Crippen molar-refractivity contribution in [1.29, 1.82) is 0 Å². The third kappa shape index (κ3) is 8.53. The molecule has 32 aliphatic rings. The lowest BCUT2D eigenvalue weighted by Gasteiger charge is -2.34. The lowest BCUT2D eigenvalue weighted by atomic mass is 9.58. The highest BCUT2D eigenvalue weighted by molar-refractivity contribution is 8.00. The van der Waals surface area contributed by atoms with Gasteiger partial charge in [-0.3, -0.25) is 88.8 Å². The molecular weight excluding hydrogens is 1850 g/mol. The molecule has 0 spiro atoms. The maximum Gasteiger partial charge on any atom is 0.325 e. The van der Waals surface area contributed by atoms with E-state index in [1.54, 1.807) is 60.0 Å². The molecular formula is C81H74O39S8. The van der Waals surface area contributed by atoms with Crippen LogP contribution in [0.25, 0.3) is 0 Å². The summed E-state index contributed by atoms with van der Waals surface area (Å²) in [6, 6.07) is 0. The zero-order valence-electron chi connectivity index (χ0n) is 66.7. The fourth-order valence-corrected chi connectivity index (χ4v) is 47.7. The van der Waals surface area contributed by atoms with Gasteiger partial charge in [0.2, 0.25) is 0 Å². The number of rotatable bonds is 0. The highest BCUT2D eigenvalue weighted by Gasteiger charge is 2.92. The third-order valence-corrected chi connectivity index (χ3v) is 47.9. The number of esters is 15. The van der Waals surface area contributed by atoms with Crippen LogP contribution < -0.4 is 0 Å². The van der Waals surface area contributed by atoms with Gasteiger partial charge >= 0.3 is 89.5 Å². The average molecular weight is 1930 g/mol. The fraction of sp³-hybridized carbons (Fsp3) is 0.691. The van der Waals surface area contributed by atoms with Gasteiger partial charge in [0.05, 0.1) is 126 Å². The maximum atomic E-state index is 12.1. The normalized spacial score (nSPS) is 55.6. The summed E-state index contributed by atoms with van der Waals surface area (Å²) in [6.07, 6.45) is 15.4. The largest absolute Gasteiger partial charge is 0.430 e. The van der Waals surface area contributed by atoms with E-state index in [9.17, 15) is 106 Å². The minimum atomic E-state index is -3.42. The van der Waals surface area contributed by atoms with Crippen molar-refractivity contribution >= 4 is 176 Å². The Morgan fingerprint density at radius 3 is 0.695 bits per heavy atom. The van der Waals surface area contributed by atoms with Gasteiger partial charge in [0.25, 0.3) is 0 Å². The number of thioether (sulfide) groups is 2. The van der Waals surface area contributed by atoms with Gasteiger partial charge in [-0.15, -0.1) is 0 Å². The second-order valence-electron chi connectivity index (χ2n) is 39.3. The van der Waals surface area contributed by atoms with Crippen LogP contribution in [0.4, 0.5) is 0 Å². The molecule has 0 aliphatic carbocycles. The third-order valence-electron chi connectivity index (χ3n) is 35.4. The molecule has 0 aromatic heterocycles. The summed E-state index contributed by atoms with van der Waals surface area (Å²) < 4.78 is 179. The molecule has 0 aromatic rings. The first-order chi connectivity index (χ1) is 60.7. The summed E-state index contributed by atoms with van der Waals surface area (Å²) in [6.45, 7) is 3.77. The number of fused-ring (bicyclic) bond motifs is 16. The number of sulfone groups is 2. The van der Waals surface area contributed by atoms with Crippen molar-refractivity contribution < 1.29 is 181 Å². The quantitative estimate of drug-likeness (QED) is 0.0975. The van der Waals surface area contributed by atoms with Crippen LogP contribution in [0.5, 0.6) is 0 Å². The van der Waals surface area contributed by atoms with Gasteiger partial charge in [-0.1, -0.05) is 55.2 Å². The molecule has 0 aromatic carbocycles. The first-order valence-corrected chi connectivity index (χ1v) is 53.9. The van der Waals surface area contributed by atoms with E-state index in [4.69, 9.17) is 71.1 Å². The molecule has 16 bridgehead atoms. The van der Waals surface area contributed by atoms with Crippen LogP contribution in [0.2, 0.25) is 0 Å². The Morgan fingerprint density at radius 2 is 0.414 bits per heavy atom. The molecule has 39 nitrogen and oxygen atoms in total. The second-order valence-corrected chi connectivity index (χ2v) is 51.2. The minimum absolute atomic E-state index is 0.0499. The molecule has 32 rings (SSSR count). The predicted molar refractivity (Wildman–Crippen MR) is 418 cm³/mol. The van der Waals surface area contributed by atoms with E-state index in [1.807, 2.05) is 12.2 Å². The van der Waals surface area contributed by atoms with Crippen LogP contribution in [0, 0.1) is 86.6 Å². The highest BCUT2D eigenvalue weighted by atomic mass is 32.2. The molecule has 0 amide bonds. The average Bonchev–Trinajstić information content (AvgIpc) is 1.46. The Bertz CT molecular complexity index is 5540. The van der Waals surface area contributed by atoms with E-state index in [2.05, 4.69) is 11.3 Å². The van der Waals surface area contributed by atoms with Gasteiger partial charge in [0.15, 0.2) is 19.7 Å². The monoisotopic (exact) mass is 1930 g/mol. The summed E-state index contributed by atoms with van der Waals surface area (Å²) in [5.74, 6) is -3.85. The lowest BCUT2D eigenvalue weighted by Crippen LogP contribution is -2.51. The van der Waals surface area contributed by atoms with E-state index >= 15 is 0 Å². The van der Waals surface area contributed by atoms with Crippen LogP contribution in [-0.4, -0.2) is 313 Å². The number of carbonyl (C=O) groups is 15. The van der Waals surface area contributed by atoms with Crippen LogP contribution in [-0.2, 0) is 211 Å². The van der Waals surface area contributed by atoms with Crippen molar-refractivity contribution in [3.8, 4) is 0 Å². The summed E-state index contributed by atoms with van der Waals surface area (Å²) in [5, 5.41) is 0. The van der Waals surface area contributed by atoms with E-state index in [-0.39, 0.29) is 154 Å². The molecule has 0 N–H and O–H groups in total. The summed E-state index contributed by atoms with van der Waals surface area (Å²) >= 11 is 3.35. The smallest absolute Gasteiger partial charge is 0.325 e. The van der Waals surface area contributed by atoms with E-state index in [0.29, 0.717) is 28.8 Å². The Morgan fingerprint density at radius 1 is 0.234 bits per heavy atom. The van der Waals surface area contributed by atoms with Crippen molar-refractivity contribution in [1.82, 2.24) is 0 Å². The zero-order valence-corrected chi connectivity index (χ0v) is 73.3. The number of hydrogen-bond acceptors (Lipinski definition) is 41. The van der Waals surface area contributed by atoms with Gasteiger partial charge in [-0.05, 0) is 51.4 Å². The van der Waals surface area contributed by atoms with Crippen molar-refractivity contribution in [3.63, 3.8) is 0 Å². The Hall–Kier alpha value is -6.97. The maximum absolute atomic E-state index is 12.1. The van der Waals surface area contributed by atoms with Gasteiger partial charge in [-0.25, -0.2) is 16.8 Å². The minimum Gasteiger partial charge on any atom is -0.430 e. The van der Waals surface area contributed by atoms with E-state index < -0.39 is 252 Å². The second kappa shape index (κ2) is 25.3. The van der Waals surface area contributed by atoms with Gasteiger partial charge in [-0.2, -0.15) is 23.5 Å². The predicted octanol–water partition coefficient (Wildman–Crippen LogP) is -3.68. The molecule has 32 heterocycles. The molecule has 32 unspecified atom stereocenters. The van der Waals surface area contributed by atoms with Crippen LogP contribution in [0.1, 0.15) is 51.4 Å². The SMILES string of the molecule is C=C1OC(=O)C23CS(=O)(=O)CC12C1CCC3O1.O=C1OC(=O)C23CS(=O)(=O)CC12C1C=CC3O1.O=C1OC(=O)C23CS(=O)CC12C1C=CC3O1.O=C1OC(=O)C23CS(=O)CC12C1C=CC3O1.O=C1OC(=O)C23CS(=O)CC12C1CCC3O1.O=C1OC(=O)C23CS(=O)CC12C1CCC3O1.O=C1OC(=O)C23CSCC12C1C=CC3O1.O=C1OC(=O)C23CSCC12C1CCC3O1. The summed E-state index contributed by atoms with van der Waals surface area (Å²) in [4.78, 5) is 179. The van der Waals surface area contributed by atoms with Crippen molar-refractivity contribution in [2.75, 3.05) is 92.0 Å². The molecule has 28 saturated heterocycles. The number of carbonyl (C=O) groups excluding carboxylic acids is 15. The number of ether oxygens (including phenoxy) is 16. The Kier molecular flexibility index (Phi) is 16.4. The van der Waals surface area contributed by atoms with Gasteiger partial charge < -0.3 is 75.8 Å². The van der Waals surface area contributed by atoms with E-state index in [0.717, 1.165) is 51.4 Å². The Balaban J connectivity index is 0.0000000794. The van der Waals surface area contributed by atoms with Gasteiger partial charge in [0.1, 0.15) is 87.0 Å². The molecule has 0 radical (unpaired) electrons. The van der Waals surface area contributed by atoms with E-state index in [1.165, 1.54) is 0 Å². The standard InChI is InChI=1S/C11H12O5S.C10H8O6S.2C10H10O5S.2C10H8O5S.C10H10O4S.C10H8O4S/c1-6-10-4-17(13,14)5-11(10,9(12)15-6)8-3-2-7(10)16-8;11-7-9-3-17(13,14)4-10(9,8(12)16-7)6-2-1-5(9)15-6;4*11-7-9-3-16(13)4-10(9,8(12)15-7)6-2-1-5(9)14-6;2*11-7-9-3-15-4-10(9,8(12)14-7)6-2-1-5(9)13-6/h7-8H,1-5H2;1-2,5-6H,3-4H2;2*5-6H,1-4H2;2*1-2,5-6H,3-4H2;5-6H,1-4H2;1-2,5-6H,3-4H2. The van der Waals surface area contributed by atoms with Crippen LogP contribution >= 0.6 is 23.5 Å². The first-order valence-electron chi connectivity index (χ1n) is 41.9. The first kappa shape index (κ1) is 82.9. The molecule has 47 heteroatoms. The molecule has 28 fully saturated rings. The highest BCUT2D eigenvalue weighted by Crippen LogP contribution is 2.76. The summed E-state index contributed by atoms with van der Waals surface area (Å²) in [7, 11) is -11.1.